The van der Waals surface area contributed by atoms with Crippen molar-refractivity contribution in [3.05, 3.63) is 102 Å². The molecule has 0 radical (unpaired) electrons. The van der Waals surface area contributed by atoms with E-state index in [0.29, 0.717) is 23.0 Å². The molecule has 0 aliphatic heterocycles. The topological polar surface area (TPSA) is 88.9 Å². The first-order valence-electron chi connectivity index (χ1n) is 10.9. The number of carbonyl (C=O) groups is 2. The van der Waals surface area contributed by atoms with Gasteiger partial charge in [-0.15, -0.1) is 10.2 Å². The van der Waals surface area contributed by atoms with Crippen molar-refractivity contribution in [2.24, 2.45) is 0 Å². The van der Waals surface area contributed by atoms with Crippen LogP contribution >= 0.6 is 11.8 Å². The van der Waals surface area contributed by atoms with Crippen LogP contribution in [0.1, 0.15) is 21.7 Å². The SMILES string of the molecule is Cc1nnc(SCC(=O)Nc2ccccc2C(=O)NCCc2ccccc2)n1-c1ccccc1. The summed E-state index contributed by atoms with van der Waals surface area (Å²) < 4.78 is 1.91. The molecule has 0 spiro atoms. The quantitative estimate of drug-likeness (QED) is 0.356. The molecule has 8 heteroatoms. The predicted octanol–water partition coefficient (Wildman–Crippen LogP) is 4.28. The van der Waals surface area contributed by atoms with Crippen molar-refractivity contribution < 1.29 is 9.59 Å². The molecule has 0 fully saturated rings. The molecule has 0 saturated carbocycles. The first-order valence-corrected chi connectivity index (χ1v) is 11.9. The van der Waals surface area contributed by atoms with Crippen molar-refractivity contribution in [1.29, 1.82) is 0 Å². The van der Waals surface area contributed by atoms with E-state index < -0.39 is 0 Å². The molecule has 2 N–H and O–H groups in total. The Bertz CT molecular complexity index is 1260. The van der Waals surface area contributed by atoms with Gasteiger partial charge in [0.15, 0.2) is 5.16 Å². The highest BCUT2D eigenvalue weighted by atomic mass is 32.2. The minimum atomic E-state index is -0.227. The molecule has 0 aliphatic carbocycles. The fourth-order valence-electron chi connectivity index (χ4n) is 3.48. The Morgan fingerprint density at radius 1 is 0.882 bits per heavy atom. The van der Waals surface area contributed by atoms with E-state index in [1.54, 1.807) is 24.3 Å². The van der Waals surface area contributed by atoms with Gasteiger partial charge in [-0.2, -0.15) is 0 Å². The van der Waals surface area contributed by atoms with E-state index in [1.807, 2.05) is 72.2 Å². The van der Waals surface area contributed by atoms with Crippen LogP contribution in [0.5, 0.6) is 0 Å². The maximum Gasteiger partial charge on any atom is 0.253 e. The molecule has 0 bridgehead atoms. The van der Waals surface area contributed by atoms with Crippen LogP contribution in [0.25, 0.3) is 5.69 Å². The van der Waals surface area contributed by atoms with Gasteiger partial charge in [0, 0.05) is 12.2 Å². The number of nitrogens with one attached hydrogen (secondary N) is 2. The van der Waals surface area contributed by atoms with Crippen LogP contribution in [-0.4, -0.2) is 38.9 Å². The largest absolute Gasteiger partial charge is 0.352 e. The van der Waals surface area contributed by atoms with Crippen molar-refractivity contribution in [3.8, 4) is 5.69 Å². The molecule has 172 valence electrons. The van der Waals surface area contributed by atoms with Crippen LogP contribution in [0.3, 0.4) is 0 Å². The summed E-state index contributed by atoms with van der Waals surface area (Å²) in [7, 11) is 0. The van der Waals surface area contributed by atoms with Crippen molar-refractivity contribution in [2.75, 3.05) is 17.6 Å². The Hall–Kier alpha value is -3.91. The Morgan fingerprint density at radius 2 is 1.56 bits per heavy atom. The van der Waals surface area contributed by atoms with E-state index >= 15 is 0 Å². The minimum Gasteiger partial charge on any atom is -0.352 e. The number of hydrogen-bond acceptors (Lipinski definition) is 5. The lowest BCUT2D eigenvalue weighted by Crippen LogP contribution is -2.27. The summed E-state index contributed by atoms with van der Waals surface area (Å²) in [6, 6.07) is 26.7. The third-order valence-corrected chi connectivity index (χ3v) is 6.06. The van der Waals surface area contributed by atoms with Gasteiger partial charge in [-0.3, -0.25) is 14.2 Å². The average molecular weight is 472 g/mol. The highest BCUT2D eigenvalue weighted by molar-refractivity contribution is 7.99. The number of nitrogens with zero attached hydrogens (tertiary/aromatic N) is 3. The summed E-state index contributed by atoms with van der Waals surface area (Å²) in [6.07, 6.45) is 0.735. The molecule has 2 amide bonds. The minimum absolute atomic E-state index is 0.134. The third kappa shape index (κ3) is 5.90. The van der Waals surface area contributed by atoms with Gasteiger partial charge in [0.1, 0.15) is 5.82 Å². The van der Waals surface area contributed by atoms with Crippen LogP contribution < -0.4 is 10.6 Å². The first kappa shape index (κ1) is 23.3. The number of carbonyl (C=O) groups excluding carboxylic acids is 2. The van der Waals surface area contributed by atoms with Crippen LogP contribution in [0.4, 0.5) is 5.69 Å². The van der Waals surface area contributed by atoms with Gasteiger partial charge >= 0.3 is 0 Å². The maximum atomic E-state index is 12.7. The second-order valence-electron chi connectivity index (χ2n) is 7.57. The molecule has 34 heavy (non-hydrogen) atoms. The number of hydrogen-bond donors (Lipinski definition) is 2. The zero-order valence-electron chi connectivity index (χ0n) is 18.8. The molecule has 7 nitrogen and oxygen atoms in total. The van der Waals surface area contributed by atoms with E-state index in [2.05, 4.69) is 20.8 Å². The number of benzene rings is 3. The van der Waals surface area contributed by atoms with Crippen molar-refractivity contribution in [2.45, 2.75) is 18.5 Å². The standard InChI is InChI=1S/C26H25N5O2S/c1-19-29-30-26(31(19)21-12-6-3-7-13-21)34-18-24(32)28-23-15-9-8-14-22(23)25(33)27-17-16-20-10-4-2-5-11-20/h2-15H,16-18H2,1H3,(H,27,33)(H,28,32). The molecular formula is C26H25N5O2S. The number of rotatable bonds is 9. The number of thioether (sulfide) groups is 1. The summed E-state index contributed by atoms with van der Waals surface area (Å²) in [5.41, 5.74) is 2.99. The van der Waals surface area contributed by atoms with E-state index in [0.717, 1.165) is 23.5 Å². The van der Waals surface area contributed by atoms with Crippen molar-refractivity contribution in [1.82, 2.24) is 20.1 Å². The zero-order valence-corrected chi connectivity index (χ0v) is 19.6. The van der Waals surface area contributed by atoms with E-state index in [4.69, 9.17) is 0 Å². The summed E-state index contributed by atoms with van der Waals surface area (Å²) in [5, 5.41) is 14.8. The molecule has 0 unspecified atom stereocenters. The Balaban J connectivity index is 1.36. The van der Waals surface area contributed by atoms with Crippen LogP contribution in [-0.2, 0) is 11.2 Å². The Kier molecular flexibility index (Phi) is 7.72. The molecule has 0 atom stereocenters. The summed E-state index contributed by atoms with van der Waals surface area (Å²) in [5.74, 6) is 0.426. The summed E-state index contributed by atoms with van der Waals surface area (Å²) >= 11 is 1.29. The van der Waals surface area contributed by atoms with Crippen LogP contribution in [0.2, 0.25) is 0 Å². The molecule has 1 aromatic heterocycles. The Morgan fingerprint density at radius 3 is 2.32 bits per heavy atom. The molecule has 4 aromatic rings. The lowest BCUT2D eigenvalue weighted by molar-refractivity contribution is -0.113. The summed E-state index contributed by atoms with van der Waals surface area (Å²) in [6.45, 7) is 2.38. The number of anilines is 1. The number of aryl methyl sites for hydroxylation is 1. The molecule has 0 saturated heterocycles. The van der Waals surface area contributed by atoms with E-state index in [1.165, 1.54) is 11.8 Å². The van der Waals surface area contributed by atoms with Crippen molar-refractivity contribution in [3.63, 3.8) is 0 Å². The van der Waals surface area contributed by atoms with E-state index in [-0.39, 0.29) is 17.6 Å². The molecule has 3 aromatic carbocycles. The smallest absolute Gasteiger partial charge is 0.253 e. The van der Waals surface area contributed by atoms with Gasteiger partial charge in [0.2, 0.25) is 5.91 Å². The van der Waals surface area contributed by atoms with Crippen LogP contribution in [0.15, 0.2) is 90.1 Å². The fraction of sp³-hybridized carbons (Fsp3) is 0.154. The normalized spacial score (nSPS) is 10.6. The monoisotopic (exact) mass is 471 g/mol. The van der Waals surface area contributed by atoms with Gasteiger partial charge in [-0.05, 0) is 43.2 Å². The van der Waals surface area contributed by atoms with Crippen molar-refractivity contribution >= 4 is 29.3 Å². The van der Waals surface area contributed by atoms with Gasteiger partial charge in [-0.25, -0.2) is 0 Å². The molecule has 1 heterocycles. The second-order valence-corrected chi connectivity index (χ2v) is 8.52. The van der Waals surface area contributed by atoms with Gasteiger partial charge in [-0.1, -0.05) is 72.4 Å². The first-order chi connectivity index (χ1) is 16.6. The van der Waals surface area contributed by atoms with Crippen LogP contribution in [0, 0.1) is 6.92 Å². The molecule has 0 aliphatic rings. The number of aromatic nitrogens is 3. The second kappa shape index (κ2) is 11.3. The summed E-state index contributed by atoms with van der Waals surface area (Å²) in [4.78, 5) is 25.4. The molecular weight excluding hydrogens is 446 g/mol. The number of para-hydroxylation sites is 2. The predicted molar refractivity (Wildman–Crippen MR) is 134 cm³/mol. The highest BCUT2D eigenvalue weighted by Gasteiger charge is 2.16. The molecule has 4 rings (SSSR count). The Labute approximate surface area is 202 Å². The highest BCUT2D eigenvalue weighted by Crippen LogP contribution is 2.22. The zero-order chi connectivity index (χ0) is 23.8. The van der Waals surface area contributed by atoms with Gasteiger partial charge in [0.05, 0.1) is 17.0 Å². The fourth-order valence-corrected chi connectivity index (χ4v) is 4.28. The lowest BCUT2D eigenvalue weighted by Gasteiger charge is -2.12. The van der Waals surface area contributed by atoms with E-state index in [9.17, 15) is 9.59 Å². The maximum absolute atomic E-state index is 12.7. The third-order valence-electron chi connectivity index (χ3n) is 5.13. The van der Waals surface area contributed by atoms with Gasteiger partial charge in [0.25, 0.3) is 5.91 Å². The number of amides is 2. The lowest BCUT2D eigenvalue weighted by atomic mass is 10.1. The van der Waals surface area contributed by atoms with Gasteiger partial charge < -0.3 is 10.6 Å². The average Bonchev–Trinajstić information content (AvgIpc) is 3.24.